The van der Waals surface area contributed by atoms with Gasteiger partial charge < -0.3 is 24.8 Å². The SMILES string of the molecule is CCC1C(O)=C2CCC3(C)CC(C)C(O3)C(O)CC(CO)C(=O)CC1OC2=O. The van der Waals surface area contributed by atoms with Crippen LogP contribution in [0.25, 0.3) is 0 Å². The second-order valence-corrected chi connectivity index (χ2v) is 8.89. The number of rotatable bonds is 2. The summed E-state index contributed by atoms with van der Waals surface area (Å²) in [6.45, 7) is 5.43. The van der Waals surface area contributed by atoms with Crippen LogP contribution < -0.4 is 0 Å². The molecule has 4 aliphatic rings. The minimum atomic E-state index is -0.852. The van der Waals surface area contributed by atoms with E-state index in [2.05, 4.69) is 0 Å². The average Bonchev–Trinajstić information content (AvgIpc) is 2.93. The van der Waals surface area contributed by atoms with E-state index < -0.39 is 48.3 Å². The summed E-state index contributed by atoms with van der Waals surface area (Å²) in [5.41, 5.74) is -0.284. The third kappa shape index (κ3) is 3.98. The van der Waals surface area contributed by atoms with E-state index in [0.29, 0.717) is 25.7 Å². The molecule has 7 heteroatoms. The minimum Gasteiger partial charge on any atom is -0.511 e. The smallest absolute Gasteiger partial charge is 0.337 e. The lowest BCUT2D eigenvalue weighted by Crippen LogP contribution is -2.41. The highest BCUT2D eigenvalue weighted by atomic mass is 16.5. The number of esters is 1. The van der Waals surface area contributed by atoms with Crippen molar-refractivity contribution in [3.63, 3.8) is 0 Å². The molecular formula is C21H32O7. The van der Waals surface area contributed by atoms with E-state index in [9.17, 15) is 24.9 Å². The summed E-state index contributed by atoms with van der Waals surface area (Å²) in [5.74, 6) is -1.96. The van der Waals surface area contributed by atoms with Crippen molar-refractivity contribution in [3.8, 4) is 0 Å². The van der Waals surface area contributed by atoms with E-state index in [0.717, 1.165) is 0 Å². The normalized spacial score (nSPS) is 42.5. The molecule has 0 aromatic rings. The summed E-state index contributed by atoms with van der Waals surface area (Å²) >= 11 is 0. The van der Waals surface area contributed by atoms with E-state index in [1.54, 1.807) is 0 Å². The number of aliphatic hydroxyl groups is 3. The van der Waals surface area contributed by atoms with Gasteiger partial charge in [-0.05, 0) is 44.9 Å². The largest absolute Gasteiger partial charge is 0.511 e. The maximum absolute atomic E-state index is 12.8. The summed E-state index contributed by atoms with van der Waals surface area (Å²) in [6.07, 6.45) is 0.0786. The number of carbonyl (C=O) groups excluding carboxylic acids is 2. The number of fused-ring (bicyclic) bond motifs is 7. The standard InChI is InChI=1S/C21H32O7/c1-4-13-17-8-15(23)12(10-22)7-16(24)19-11(2)9-21(3,28-19)6-5-14(18(13)25)20(26)27-17/h11-13,16-17,19,22,24-25H,4-10H2,1-3H3. The number of hydrogen-bond acceptors (Lipinski definition) is 7. The van der Waals surface area contributed by atoms with Gasteiger partial charge >= 0.3 is 5.97 Å². The second kappa shape index (κ2) is 8.13. The van der Waals surface area contributed by atoms with Crippen LogP contribution in [0, 0.1) is 17.8 Å². The quantitative estimate of drug-likeness (QED) is 0.612. The van der Waals surface area contributed by atoms with Gasteiger partial charge in [-0.1, -0.05) is 13.8 Å². The third-order valence-electron chi connectivity index (χ3n) is 6.68. The van der Waals surface area contributed by atoms with Gasteiger partial charge in [0.1, 0.15) is 17.6 Å². The molecule has 28 heavy (non-hydrogen) atoms. The highest BCUT2D eigenvalue weighted by Crippen LogP contribution is 2.42. The summed E-state index contributed by atoms with van der Waals surface area (Å²) in [4.78, 5) is 25.3. The van der Waals surface area contributed by atoms with E-state index in [1.165, 1.54) is 0 Å². The zero-order chi connectivity index (χ0) is 20.6. The molecule has 0 amide bonds. The van der Waals surface area contributed by atoms with Gasteiger partial charge in [0, 0.05) is 12.3 Å². The van der Waals surface area contributed by atoms with Crippen molar-refractivity contribution in [2.24, 2.45) is 17.8 Å². The predicted octanol–water partition coefficient (Wildman–Crippen LogP) is 2.05. The Balaban J connectivity index is 1.97. The first kappa shape index (κ1) is 21.3. The number of Topliss-reactive ketones (excluding diaryl/α,β-unsaturated/α-hetero) is 1. The van der Waals surface area contributed by atoms with Gasteiger partial charge in [0.25, 0.3) is 0 Å². The van der Waals surface area contributed by atoms with Gasteiger partial charge in [0.05, 0.1) is 35.9 Å². The van der Waals surface area contributed by atoms with Crippen LogP contribution in [-0.2, 0) is 19.1 Å². The first-order chi connectivity index (χ1) is 13.2. The zero-order valence-electron chi connectivity index (χ0n) is 16.9. The molecule has 4 bridgehead atoms. The Morgan fingerprint density at radius 3 is 2.64 bits per heavy atom. The van der Waals surface area contributed by atoms with Gasteiger partial charge in [0.15, 0.2) is 0 Å². The fraction of sp³-hybridized carbons (Fsp3) is 0.810. The molecule has 0 aliphatic carbocycles. The molecular weight excluding hydrogens is 364 g/mol. The van der Waals surface area contributed by atoms with Crippen LogP contribution in [0.4, 0.5) is 0 Å². The lowest BCUT2D eigenvalue weighted by atomic mass is 9.84. The molecule has 158 valence electrons. The first-order valence-corrected chi connectivity index (χ1v) is 10.3. The van der Waals surface area contributed by atoms with E-state index >= 15 is 0 Å². The highest BCUT2D eigenvalue weighted by Gasteiger charge is 2.46. The Labute approximate surface area is 165 Å². The van der Waals surface area contributed by atoms with Gasteiger partial charge in [-0.15, -0.1) is 0 Å². The molecule has 0 saturated carbocycles. The molecule has 7 nitrogen and oxygen atoms in total. The summed E-state index contributed by atoms with van der Waals surface area (Å²) < 4.78 is 11.7. The van der Waals surface area contributed by atoms with Crippen LogP contribution >= 0.6 is 0 Å². The summed E-state index contributed by atoms with van der Waals surface area (Å²) in [7, 11) is 0. The molecule has 4 heterocycles. The topological polar surface area (TPSA) is 113 Å². The van der Waals surface area contributed by atoms with Gasteiger partial charge in [0.2, 0.25) is 0 Å². The molecule has 4 aliphatic heterocycles. The highest BCUT2D eigenvalue weighted by molar-refractivity contribution is 5.91. The first-order valence-electron chi connectivity index (χ1n) is 10.3. The molecule has 0 aromatic carbocycles. The molecule has 2 saturated heterocycles. The lowest BCUT2D eigenvalue weighted by molar-refractivity contribution is -0.153. The summed E-state index contributed by atoms with van der Waals surface area (Å²) in [5, 5.41) is 31.2. The Kier molecular flexibility index (Phi) is 6.17. The van der Waals surface area contributed by atoms with Crippen LogP contribution in [0.5, 0.6) is 0 Å². The molecule has 3 N–H and O–H groups in total. The van der Waals surface area contributed by atoms with Crippen molar-refractivity contribution in [1.82, 2.24) is 0 Å². The van der Waals surface area contributed by atoms with Crippen molar-refractivity contribution in [1.29, 1.82) is 0 Å². The van der Waals surface area contributed by atoms with E-state index in [-0.39, 0.29) is 35.9 Å². The van der Waals surface area contributed by atoms with E-state index in [4.69, 9.17) is 9.47 Å². The van der Waals surface area contributed by atoms with Crippen molar-refractivity contribution >= 4 is 11.8 Å². The van der Waals surface area contributed by atoms with Crippen molar-refractivity contribution in [2.75, 3.05) is 6.61 Å². The second-order valence-electron chi connectivity index (χ2n) is 8.89. The van der Waals surface area contributed by atoms with Crippen LogP contribution in [-0.4, -0.2) is 57.6 Å². The molecule has 4 rings (SSSR count). The van der Waals surface area contributed by atoms with Gasteiger partial charge in [-0.2, -0.15) is 0 Å². The third-order valence-corrected chi connectivity index (χ3v) is 6.68. The average molecular weight is 396 g/mol. The van der Waals surface area contributed by atoms with Crippen molar-refractivity contribution in [3.05, 3.63) is 11.3 Å². The Bertz CT molecular complexity index is 657. The monoisotopic (exact) mass is 396 g/mol. The number of hydrogen-bond donors (Lipinski definition) is 3. The number of ketones is 1. The maximum atomic E-state index is 12.8. The van der Waals surface area contributed by atoms with E-state index in [1.807, 2.05) is 20.8 Å². The maximum Gasteiger partial charge on any atom is 0.337 e. The predicted molar refractivity (Wildman–Crippen MR) is 100 cm³/mol. The molecule has 2 fully saturated rings. The number of aliphatic hydroxyl groups excluding tert-OH is 3. The lowest BCUT2D eigenvalue weighted by Gasteiger charge is -2.34. The fourth-order valence-corrected chi connectivity index (χ4v) is 5.06. The van der Waals surface area contributed by atoms with Crippen molar-refractivity contribution in [2.45, 2.75) is 83.2 Å². The van der Waals surface area contributed by atoms with Gasteiger partial charge in [-0.3, -0.25) is 4.79 Å². The van der Waals surface area contributed by atoms with Crippen LogP contribution in [0.3, 0.4) is 0 Å². The Morgan fingerprint density at radius 2 is 2.00 bits per heavy atom. The fourth-order valence-electron chi connectivity index (χ4n) is 5.06. The Morgan fingerprint density at radius 1 is 1.29 bits per heavy atom. The Hall–Kier alpha value is -1.44. The molecule has 0 radical (unpaired) electrons. The molecule has 7 atom stereocenters. The van der Waals surface area contributed by atoms with Crippen LogP contribution in [0.2, 0.25) is 0 Å². The van der Waals surface area contributed by atoms with Crippen LogP contribution in [0.1, 0.15) is 59.3 Å². The minimum absolute atomic E-state index is 0.0142. The number of carbonyl (C=O) groups is 2. The van der Waals surface area contributed by atoms with Crippen molar-refractivity contribution < 1.29 is 34.4 Å². The number of ether oxygens (including phenoxy) is 2. The van der Waals surface area contributed by atoms with Gasteiger partial charge in [-0.25, -0.2) is 4.79 Å². The zero-order valence-corrected chi connectivity index (χ0v) is 16.9. The molecule has 0 aromatic heterocycles. The molecule has 0 spiro atoms. The van der Waals surface area contributed by atoms with Crippen LogP contribution in [0.15, 0.2) is 11.3 Å². The molecule has 7 unspecified atom stereocenters. The summed E-state index contributed by atoms with van der Waals surface area (Å²) in [6, 6.07) is 0.